The Kier molecular flexibility index (Phi) is 4.22. The number of ether oxygens (including phenoxy) is 1. The molecule has 2 aromatic rings. The average molecular weight is 329 g/mol. The van der Waals surface area contributed by atoms with E-state index in [0.29, 0.717) is 25.3 Å². The topological polar surface area (TPSA) is 67.6 Å². The lowest BCUT2D eigenvalue weighted by atomic mass is 10.1. The van der Waals surface area contributed by atoms with Gasteiger partial charge in [-0.3, -0.25) is 0 Å². The molecule has 24 heavy (non-hydrogen) atoms. The lowest BCUT2D eigenvalue weighted by molar-refractivity contribution is 0.0219. The van der Waals surface area contributed by atoms with Crippen LogP contribution in [0.2, 0.25) is 0 Å². The van der Waals surface area contributed by atoms with Crippen LogP contribution in [0.3, 0.4) is 0 Å². The van der Waals surface area contributed by atoms with E-state index in [1.807, 2.05) is 52.0 Å². The van der Waals surface area contributed by atoms with Gasteiger partial charge in [-0.15, -0.1) is 0 Å². The van der Waals surface area contributed by atoms with Gasteiger partial charge in [0.1, 0.15) is 11.4 Å². The van der Waals surface area contributed by atoms with Crippen LogP contribution in [0.1, 0.15) is 37.7 Å². The van der Waals surface area contributed by atoms with Gasteiger partial charge in [-0.25, -0.2) is 4.79 Å². The van der Waals surface area contributed by atoms with Gasteiger partial charge in [-0.2, -0.15) is 0 Å². The fourth-order valence-electron chi connectivity index (χ4n) is 2.56. The highest BCUT2D eigenvalue weighted by Gasteiger charge is 2.30. The molecule has 1 aromatic carbocycles. The van der Waals surface area contributed by atoms with Gasteiger partial charge in [-0.05, 0) is 39.8 Å². The molecule has 128 valence electrons. The number of nitrogens with one attached hydrogen (secondary N) is 1. The number of anilines is 2. The third kappa shape index (κ3) is 3.69. The molecule has 1 aromatic heterocycles. The smallest absolute Gasteiger partial charge is 0.410 e. The molecule has 6 heteroatoms. The zero-order chi connectivity index (χ0) is 17.3. The summed E-state index contributed by atoms with van der Waals surface area (Å²) in [5.74, 6) is 1.48. The molecule has 1 N–H and O–H groups in total. The number of benzene rings is 1. The fourth-order valence-corrected chi connectivity index (χ4v) is 2.56. The Hall–Kier alpha value is -2.50. The molecule has 3 rings (SSSR count). The van der Waals surface area contributed by atoms with Gasteiger partial charge in [0.05, 0.1) is 12.1 Å². The van der Waals surface area contributed by atoms with Crippen molar-refractivity contribution in [2.24, 2.45) is 0 Å². The minimum absolute atomic E-state index is 0.310. The summed E-state index contributed by atoms with van der Waals surface area (Å²) in [5.41, 5.74) is 2.53. The number of carbonyl (C=O) groups is 1. The molecule has 0 saturated carbocycles. The lowest BCUT2D eigenvalue weighted by Crippen LogP contribution is -2.39. The van der Waals surface area contributed by atoms with E-state index in [9.17, 15) is 4.79 Å². The van der Waals surface area contributed by atoms with E-state index in [2.05, 4.69) is 10.5 Å². The fraction of sp³-hybridized carbons (Fsp3) is 0.444. The second kappa shape index (κ2) is 6.19. The molecule has 1 aliphatic heterocycles. The van der Waals surface area contributed by atoms with E-state index in [0.717, 1.165) is 17.0 Å². The molecule has 6 nitrogen and oxygen atoms in total. The van der Waals surface area contributed by atoms with Crippen LogP contribution in [0.15, 0.2) is 28.8 Å². The average Bonchev–Trinajstić information content (AvgIpc) is 2.90. The molecule has 0 bridgehead atoms. The molecule has 0 aliphatic carbocycles. The van der Waals surface area contributed by atoms with E-state index in [1.54, 1.807) is 4.90 Å². The SMILES string of the molecule is Cc1ccc(Nc2noc3c2CN(C(=O)OC(C)(C)C)CC3)cc1. The van der Waals surface area contributed by atoms with Crippen LogP contribution >= 0.6 is 0 Å². The maximum absolute atomic E-state index is 12.3. The molecule has 0 atom stereocenters. The predicted octanol–water partition coefficient (Wildman–Crippen LogP) is 4.02. The van der Waals surface area contributed by atoms with E-state index >= 15 is 0 Å². The molecule has 1 amide bonds. The molecule has 0 fully saturated rings. The summed E-state index contributed by atoms with van der Waals surface area (Å²) in [6, 6.07) is 8.04. The van der Waals surface area contributed by atoms with Crippen molar-refractivity contribution in [2.75, 3.05) is 11.9 Å². The first-order valence-corrected chi connectivity index (χ1v) is 8.11. The van der Waals surface area contributed by atoms with Crippen LogP contribution in [0.5, 0.6) is 0 Å². The molecule has 0 spiro atoms. The van der Waals surface area contributed by atoms with Crippen LogP contribution in [0.25, 0.3) is 0 Å². The molecular formula is C18H23N3O3. The van der Waals surface area contributed by atoms with E-state index in [4.69, 9.17) is 9.26 Å². The summed E-state index contributed by atoms with van der Waals surface area (Å²) >= 11 is 0. The van der Waals surface area contributed by atoms with Crippen molar-refractivity contribution in [3.63, 3.8) is 0 Å². The monoisotopic (exact) mass is 329 g/mol. The zero-order valence-electron chi connectivity index (χ0n) is 14.5. The Morgan fingerprint density at radius 3 is 2.67 bits per heavy atom. The lowest BCUT2D eigenvalue weighted by Gasteiger charge is -2.29. The van der Waals surface area contributed by atoms with Crippen LogP contribution < -0.4 is 5.32 Å². The summed E-state index contributed by atoms with van der Waals surface area (Å²) in [5, 5.41) is 7.38. The normalized spacial score (nSPS) is 14.2. The van der Waals surface area contributed by atoms with E-state index in [1.165, 1.54) is 5.56 Å². The highest BCUT2D eigenvalue weighted by molar-refractivity contribution is 5.69. The minimum atomic E-state index is -0.505. The van der Waals surface area contributed by atoms with Crippen LogP contribution in [-0.4, -0.2) is 28.3 Å². The number of rotatable bonds is 2. The minimum Gasteiger partial charge on any atom is -0.444 e. The molecule has 0 radical (unpaired) electrons. The molecule has 2 heterocycles. The van der Waals surface area contributed by atoms with Crippen molar-refractivity contribution in [2.45, 2.75) is 46.3 Å². The summed E-state index contributed by atoms with van der Waals surface area (Å²) < 4.78 is 10.9. The second-order valence-electron chi connectivity index (χ2n) is 7.08. The van der Waals surface area contributed by atoms with Crippen molar-refractivity contribution in [3.05, 3.63) is 41.2 Å². The molecule has 0 saturated heterocycles. The van der Waals surface area contributed by atoms with Gasteiger partial charge in [0.15, 0.2) is 5.82 Å². The van der Waals surface area contributed by atoms with Crippen molar-refractivity contribution >= 4 is 17.6 Å². The number of aryl methyl sites for hydroxylation is 1. The quantitative estimate of drug-likeness (QED) is 0.901. The van der Waals surface area contributed by atoms with Gasteiger partial charge < -0.3 is 19.5 Å². The highest BCUT2D eigenvalue weighted by atomic mass is 16.6. The summed E-state index contributed by atoms with van der Waals surface area (Å²) in [7, 11) is 0. The van der Waals surface area contributed by atoms with Gasteiger partial charge in [0, 0.05) is 18.7 Å². The number of nitrogens with zero attached hydrogens (tertiary/aromatic N) is 2. The van der Waals surface area contributed by atoms with Crippen LogP contribution in [0, 0.1) is 6.92 Å². The maximum atomic E-state index is 12.3. The van der Waals surface area contributed by atoms with Gasteiger partial charge in [-0.1, -0.05) is 22.9 Å². The summed E-state index contributed by atoms with van der Waals surface area (Å²) in [4.78, 5) is 14.0. The molecule has 1 aliphatic rings. The number of aromatic nitrogens is 1. The third-order valence-electron chi connectivity index (χ3n) is 3.79. The first-order valence-electron chi connectivity index (χ1n) is 8.11. The summed E-state index contributed by atoms with van der Waals surface area (Å²) in [6.45, 7) is 8.64. The molecule has 0 unspecified atom stereocenters. The Balaban J connectivity index is 1.75. The number of carbonyl (C=O) groups excluding carboxylic acids is 1. The van der Waals surface area contributed by atoms with Crippen molar-refractivity contribution in [1.82, 2.24) is 10.1 Å². The highest BCUT2D eigenvalue weighted by Crippen LogP contribution is 2.29. The Bertz CT molecular complexity index is 729. The first-order chi connectivity index (χ1) is 11.3. The zero-order valence-corrected chi connectivity index (χ0v) is 14.5. The second-order valence-corrected chi connectivity index (χ2v) is 7.08. The van der Waals surface area contributed by atoms with E-state index in [-0.39, 0.29) is 6.09 Å². The van der Waals surface area contributed by atoms with Gasteiger partial charge in [0.2, 0.25) is 0 Å². The van der Waals surface area contributed by atoms with Crippen molar-refractivity contribution in [3.8, 4) is 0 Å². The number of amides is 1. The Morgan fingerprint density at radius 2 is 2.00 bits per heavy atom. The van der Waals surface area contributed by atoms with Crippen molar-refractivity contribution in [1.29, 1.82) is 0 Å². The molecular weight excluding hydrogens is 306 g/mol. The Morgan fingerprint density at radius 1 is 1.29 bits per heavy atom. The first kappa shape index (κ1) is 16.4. The number of hydrogen-bond acceptors (Lipinski definition) is 5. The number of hydrogen-bond donors (Lipinski definition) is 1. The van der Waals surface area contributed by atoms with Crippen LogP contribution in [-0.2, 0) is 17.7 Å². The van der Waals surface area contributed by atoms with Gasteiger partial charge in [0.25, 0.3) is 0 Å². The third-order valence-corrected chi connectivity index (χ3v) is 3.79. The standard InChI is InChI=1S/C18H23N3O3/c1-12-5-7-13(8-6-12)19-16-14-11-21(10-9-15(14)24-20-16)17(22)23-18(2,3)4/h5-8H,9-11H2,1-4H3,(H,19,20). The largest absolute Gasteiger partial charge is 0.444 e. The maximum Gasteiger partial charge on any atom is 0.410 e. The Labute approximate surface area is 141 Å². The van der Waals surface area contributed by atoms with E-state index < -0.39 is 5.60 Å². The van der Waals surface area contributed by atoms with Crippen LogP contribution in [0.4, 0.5) is 16.3 Å². The number of fused-ring (bicyclic) bond motifs is 1. The summed E-state index contributed by atoms with van der Waals surface area (Å²) in [6.07, 6.45) is 0.326. The van der Waals surface area contributed by atoms with Crippen molar-refractivity contribution < 1.29 is 14.1 Å². The van der Waals surface area contributed by atoms with Gasteiger partial charge >= 0.3 is 6.09 Å². The predicted molar refractivity (Wildman–Crippen MR) is 91.3 cm³/mol.